The molecule has 0 aliphatic rings. The van der Waals surface area contributed by atoms with E-state index in [0.717, 1.165) is 45.4 Å². The molecule has 1 N–H and O–H groups in total. The van der Waals surface area contributed by atoms with Gasteiger partial charge in [0.05, 0.1) is 5.69 Å². The molecule has 2 heterocycles. The fourth-order valence-corrected chi connectivity index (χ4v) is 3.06. The minimum atomic E-state index is 0.579. The second-order valence-electron chi connectivity index (χ2n) is 6.47. The van der Waals surface area contributed by atoms with Crippen molar-refractivity contribution in [3.05, 3.63) is 96.4 Å². The van der Waals surface area contributed by atoms with Crippen molar-refractivity contribution in [3.8, 4) is 28.1 Å². The Labute approximate surface area is 175 Å². The summed E-state index contributed by atoms with van der Waals surface area (Å²) >= 11 is 5.95. The summed E-state index contributed by atoms with van der Waals surface area (Å²) in [5.41, 5.74) is 5.17. The first-order valence-corrected chi connectivity index (χ1v) is 9.75. The molecule has 0 fully saturated rings. The van der Waals surface area contributed by atoms with Crippen LogP contribution in [0.5, 0.6) is 5.75 Å². The van der Waals surface area contributed by atoms with Gasteiger partial charge in [0.1, 0.15) is 12.4 Å². The molecule has 5 heteroatoms. The zero-order valence-electron chi connectivity index (χ0n) is 15.8. The molecule has 0 amide bonds. The van der Waals surface area contributed by atoms with E-state index in [2.05, 4.69) is 21.4 Å². The lowest BCUT2D eigenvalue weighted by Gasteiger charge is -2.09. The highest BCUT2D eigenvalue weighted by Gasteiger charge is 2.03. The summed E-state index contributed by atoms with van der Waals surface area (Å²) in [6, 6.07) is 23.7. The van der Waals surface area contributed by atoms with E-state index in [1.807, 2.05) is 72.9 Å². The molecule has 4 nitrogen and oxygen atoms in total. The summed E-state index contributed by atoms with van der Waals surface area (Å²) in [6.07, 6.45) is 5.41. The van der Waals surface area contributed by atoms with Crippen LogP contribution in [0.2, 0.25) is 5.02 Å². The van der Waals surface area contributed by atoms with Crippen molar-refractivity contribution in [3.63, 3.8) is 0 Å². The van der Waals surface area contributed by atoms with Crippen LogP contribution in [0.1, 0.15) is 0 Å². The van der Waals surface area contributed by atoms with Crippen molar-refractivity contribution >= 4 is 17.3 Å². The minimum Gasteiger partial charge on any atom is -0.492 e. The van der Waals surface area contributed by atoms with Crippen LogP contribution in [0.4, 0.5) is 5.69 Å². The molecule has 0 saturated carbocycles. The minimum absolute atomic E-state index is 0.579. The maximum atomic E-state index is 5.95. The third kappa shape index (κ3) is 5.12. The van der Waals surface area contributed by atoms with Gasteiger partial charge in [0, 0.05) is 47.0 Å². The largest absolute Gasteiger partial charge is 0.492 e. The summed E-state index contributed by atoms with van der Waals surface area (Å²) in [5, 5.41) is 4.02. The highest BCUT2D eigenvalue weighted by molar-refractivity contribution is 6.30. The van der Waals surface area contributed by atoms with Gasteiger partial charge in [0.2, 0.25) is 0 Å². The molecule has 2 aromatic carbocycles. The van der Waals surface area contributed by atoms with E-state index in [9.17, 15) is 0 Å². The number of benzene rings is 2. The van der Waals surface area contributed by atoms with Gasteiger partial charge in [-0.3, -0.25) is 9.97 Å². The summed E-state index contributed by atoms with van der Waals surface area (Å²) in [7, 11) is 0. The summed E-state index contributed by atoms with van der Waals surface area (Å²) in [4.78, 5) is 8.59. The highest BCUT2D eigenvalue weighted by Crippen LogP contribution is 2.25. The Kier molecular flexibility index (Phi) is 6.03. The first-order chi connectivity index (χ1) is 14.3. The third-order valence-electron chi connectivity index (χ3n) is 4.47. The van der Waals surface area contributed by atoms with Gasteiger partial charge in [-0.15, -0.1) is 0 Å². The van der Waals surface area contributed by atoms with Crippen molar-refractivity contribution < 1.29 is 4.74 Å². The van der Waals surface area contributed by atoms with Crippen molar-refractivity contribution in [2.75, 3.05) is 18.5 Å². The van der Waals surface area contributed by atoms with E-state index in [0.29, 0.717) is 6.61 Å². The summed E-state index contributed by atoms with van der Waals surface area (Å²) < 4.78 is 5.80. The number of ether oxygens (including phenoxy) is 1. The summed E-state index contributed by atoms with van der Waals surface area (Å²) in [6.45, 7) is 1.30. The van der Waals surface area contributed by atoms with E-state index in [4.69, 9.17) is 16.3 Å². The van der Waals surface area contributed by atoms with E-state index in [-0.39, 0.29) is 0 Å². The first-order valence-electron chi connectivity index (χ1n) is 9.37. The first kappa shape index (κ1) is 19.0. The molecule has 29 heavy (non-hydrogen) atoms. The van der Waals surface area contributed by atoms with Crippen LogP contribution in [0.3, 0.4) is 0 Å². The third-order valence-corrected chi connectivity index (χ3v) is 4.72. The van der Waals surface area contributed by atoms with Gasteiger partial charge in [-0.1, -0.05) is 29.8 Å². The number of hydrogen-bond donors (Lipinski definition) is 1. The van der Waals surface area contributed by atoms with Gasteiger partial charge in [0.15, 0.2) is 0 Å². The smallest absolute Gasteiger partial charge is 0.119 e. The molecule has 2 aromatic heterocycles. The van der Waals surface area contributed by atoms with Crippen molar-refractivity contribution in [1.29, 1.82) is 0 Å². The van der Waals surface area contributed by atoms with Crippen LogP contribution < -0.4 is 10.1 Å². The number of aromatic nitrogens is 2. The molecule has 0 saturated heterocycles. The topological polar surface area (TPSA) is 47.0 Å². The zero-order valence-corrected chi connectivity index (χ0v) is 16.5. The van der Waals surface area contributed by atoms with E-state index in [1.165, 1.54) is 0 Å². The second kappa shape index (κ2) is 9.22. The number of hydrogen-bond acceptors (Lipinski definition) is 4. The SMILES string of the molecule is Clc1ccc(-c2ccc(-c3ccc(OCCNc4ccncc4)cc3)nc2)cc1. The molecule has 0 spiro atoms. The van der Waals surface area contributed by atoms with Crippen LogP contribution in [0.15, 0.2) is 91.4 Å². The molecule has 4 rings (SSSR count). The number of halogens is 1. The second-order valence-corrected chi connectivity index (χ2v) is 6.91. The summed E-state index contributed by atoms with van der Waals surface area (Å²) in [5.74, 6) is 0.836. The molecule has 4 aromatic rings. The molecule has 0 aliphatic carbocycles. The lowest BCUT2D eigenvalue weighted by atomic mass is 10.1. The van der Waals surface area contributed by atoms with E-state index >= 15 is 0 Å². The Balaban J connectivity index is 1.33. The van der Waals surface area contributed by atoms with Crippen molar-refractivity contribution in [1.82, 2.24) is 9.97 Å². The van der Waals surface area contributed by atoms with Gasteiger partial charge in [-0.05, 0) is 60.2 Å². The number of nitrogens with zero attached hydrogens (tertiary/aromatic N) is 2. The monoisotopic (exact) mass is 401 g/mol. The van der Waals surface area contributed by atoms with Crippen LogP contribution in [-0.4, -0.2) is 23.1 Å². The van der Waals surface area contributed by atoms with Crippen LogP contribution in [0, 0.1) is 0 Å². The number of nitrogens with one attached hydrogen (secondary N) is 1. The molecule has 0 atom stereocenters. The lowest BCUT2D eigenvalue weighted by Crippen LogP contribution is -2.11. The van der Waals surface area contributed by atoms with Gasteiger partial charge in [0.25, 0.3) is 0 Å². The van der Waals surface area contributed by atoms with Crippen LogP contribution in [-0.2, 0) is 0 Å². The van der Waals surface area contributed by atoms with Crippen LogP contribution >= 0.6 is 11.6 Å². The van der Waals surface area contributed by atoms with E-state index < -0.39 is 0 Å². The molecule has 0 aliphatic heterocycles. The van der Waals surface area contributed by atoms with Gasteiger partial charge in [-0.25, -0.2) is 0 Å². The molecular formula is C24H20ClN3O. The van der Waals surface area contributed by atoms with Crippen molar-refractivity contribution in [2.45, 2.75) is 0 Å². The predicted octanol–water partition coefficient (Wildman–Crippen LogP) is 5.95. The van der Waals surface area contributed by atoms with Gasteiger partial charge in [-0.2, -0.15) is 0 Å². The normalized spacial score (nSPS) is 10.5. The van der Waals surface area contributed by atoms with Crippen LogP contribution in [0.25, 0.3) is 22.4 Å². The fraction of sp³-hybridized carbons (Fsp3) is 0.0833. The molecule has 0 radical (unpaired) electrons. The molecule has 144 valence electrons. The molecular weight excluding hydrogens is 382 g/mol. The zero-order chi connectivity index (χ0) is 19.9. The average Bonchev–Trinajstić information content (AvgIpc) is 2.79. The average molecular weight is 402 g/mol. The highest BCUT2D eigenvalue weighted by atomic mass is 35.5. The van der Waals surface area contributed by atoms with Gasteiger partial charge < -0.3 is 10.1 Å². The Hall–Kier alpha value is -3.37. The van der Waals surface area contributed by atoms with Gasteiger partial charge >= 0.3 is 0 Å². The Bertz CT molecular complexity index is 1030. The lowest BCUT2D eigenvalue weighted by molar-refractivity contribution is 0.333. The fourth-order valence-electron chi connectivity index (χ4n) is 2.93. The Morgan fingerprint density at radius 3 is 2.14 bits per heavy atom. The molecule has 0 bridgehead atoms. The Morgan fingerprint density at radius 1 is 0.759 bits per heavy atom. The van der Waals surface area contributed by atoms with E-state index in [1.54, 1.807) is 12.4 Å². The van der Waals surface area contributed by atoms with Crippen molar-refractivity contribution in [2.24, 2.45) is 0 Å². The maximum absolute atomic E-state index is 5.95. The molecule has 0 unspecified atom stereocenters. The quantitative estimate of drug-likeness (QED) is 0.388. The maximum Gasteiger partial charge on any atom is 0.119 e. The number of anilines is 1. The number of pyridine rings is 2. The standard InChI is InChI=1S/C24H20ClN3O/c25-21-6-1-18(2-7-21)20-5-10-24(28-17-20)19-3-8-23(9-4-19)29-16-15-27-22-11-13-26-14-12-22/h1-14,17H,15-16H2,(H,26,27). The Morgan fingerprint density at radius 2 is 1.45 bits per heavy atom. The number of rotatable bonds is 7. The predicted molar refractivity (Wildman–Crippen MR) is 118 cm³/mol.